The Balaban J connectivity index is 0.000000424. The van der Waals surface area contributed by atoms with Crippen LogP contribution in [0.5, 0.6) is 0 Å². The van der Waals surface area contributed by atoms with Crippen molar-refractivity contribution in [2.75, 3.05) is 13.7 Å². The van der Waals surface area contributed by atoms with Crippen LogP contribution < -0.4 is 0 Å². The highest BCUT2D eigenvalue weighted by atomic mass is 35.5. The minimum Gasteiger partial charge on any atom is -0.354 e. The standard InChI is InChI=1S/C7H13NO2.CH3ClO/c1-6-4-10-7(2,3)8(6)5-9;1-3-2/h5-6H,4H2,1-3H3;1H3. The Morgan fingerprint density at radius 3 is 2.31 bits per heavy atom. The van der Waals surface area contributed by atoms with Crippen molar-refractivity contribution in [1.29, 1.82) is 0 Å². The summed E-state index contributed by atoms with van der Waals surface area (Å²) in [4.78, 5) is 12.2. The molecule has 1 saturated heterocycles. The van der Waals surface area contributed by atoms with Gasteiger partial charge in [-0.15, -0.1) is 0 Å². The number of rotatable bonds is 1. The number of nitrogens with zero attached hydrogens (tertiary/aromatic N) is 1. The highest BCUT2D eigenvalue weighted by Gasteiger charge is 2.36. The van der Waals surface area contributed by atoms with Crippen molar-refractivity contribution in [1.82, 2.24) is 4.90 Å². The minimum atomic E-state index is -0.402. The van der Waals surface area contributed by atoms with Gasteiger partial charge >= 0.3 is 0 Å². The van der Waals surface area contributed by atoms with Crippen LogP contribution >= 0.6 is 11.9 Å². The summed E-state index contributed by atoms with van der Waals surface area (Å²) < 4.78 is 9.07. The van der Waals surface area contributed by atoms with E-state index >= 15 is 0 Å². The van der Waals surface area contributed by atoms with Gasteiger partial charge in [-0.1, -0.05) is 0 Å². The lowest BCUT2D eigenvalue weighted by Gasteiger charge is -2.28. The minimum absolute atomic E-state index is 0.215. The maximum atomic E-state index is 10.5. The number of ether oxygens (including phenoxy) is 1. The van der Waals surface area contributed by atoms with Gasteiger partial charge in [0, 0.05) is 0 Å². The summed E-state index contributed by atoms with van der Waals surface area (Å²) in [5.41, 5.74) is -0.402. The predicted molar refractivity (Wildman–Crippen MR) is 50.3 cm³/mol. The van der Waals surface area contributed by atoms with Gasteiger partial charge < -0.3 is 9.64 Å². The predicted octanol–water partition coefficient (Wildman–Crippen LogP) is 1.39. The first kappa shape index (κ1) is 12.7. The Morgan fingerprint density at radius 2 is 2.15 bits per heavy atom. The van der Waals surface area contributed by atoms with E-state index in [2.05, 4.69) is 16.2 Å². The molecule has 1 unspecified atom stereocenters. The summed E-state index contributed by atoms with van der Waals surface area (Å²) in [6, 6.07) is 0.215. The number of carbonyl (C=O) groups is 1. The zero-order valence-electron chi connectivity index (χ0n) is 8.41. The molecular formula is C8H16ClNO3. The zero-order chi connectivity index (χ0) is 10.5. The molecule has 0 bridgehead atoms. The summed E-state index contributed by atoms with van der Waals surface area (Å²) in [7, 11) is 1.39. The van der Waals surface area contributed by atoms with E-state index < -0.39 is 5.72 Å². The van der Waals surface area contributed by atoms with E-state index in [0.717, 1.165) is 6.41 Å². The van der Waals surface area contributed by atoms with Crippen LogP contribution in [-0.4, -0.2) is 36.8 Å². The molecule has 4 nitrogen and oxygen atoms in total. The van der Waals surface area contributed by atoms with Gasteiger partial charge in [-0.25, -0.2) is 0 Å². The second kappa shape index (κ2) is 5.42. The smallest absolute Gasteiger partial charge is 0.212 e. The topological polar surface area (TPSA) is 38.8 Å². The molecule has 1 fully saturated rings. The van der Waals surface area contributed by atoms with Gasteiger partial charge in [-0.3, -0.25) is 9.08 Å². The molecule has 0 N–H and O–H groups in total. The first-order chi connectivity index (χ1) is 5.99. The van der Waals surface area contributed by atoms with Crippen molar-refractivity contribution in [2.24, 2.45) is 0 Å². The van der Waals surface area contributed by atoms with E-state index in [1.807, 2.05) is 20.8 Å². The first-order valence-corrected chi connectivity index (χ1v) is 4.33. The highest BCUT2D eigenvalue weighted by molar-refractivity contribution is 6.07. The lowest BCUT2D eigenvalue weighted by Crippen LogP contribution is -2.41. The van der Waals surface area contributed by atoms with E-state index in [1.165, 1.54) is 7.11 Å². The van der Waals surface area contributed by atoms with Crippen molar-refractivity contribution in [2.45, 2.75) is 32.5 Å². The van der Waals surface area contributed by atoms with Gasteiger partial charge in [0.05, 0.1) is 31.6 Å². The lowest BCUT2D eigenvalue weighted by molar-refractivity contribution is -0.131. The number of halogens is 1. The molecule has 1 heterocycles. The molecule has 1 aliphatic rings. The summed E-state index contributed by atoms with van der Waals surface area (Å²) in [6.45, 7) is 6.41. The second-order valence-electron chi connectivity index (χ2n) is 3.27. The Labute approximate surface area is 83.9 Å². The molecule has 1 amide bonds. The third kappa shape index (κ3) is 3.50. The summed E-state index contributed by atoms with van der Waals surface area (Å²) in [5.74, 6) is 0. The second-order valence-corrected chi connectivity index (χ2v) is 3.58. The van der Waals surface area contributed by atoms with Crippen LogP contribution in [0.25, 0.3) is 0 Å². The molecule has 78 valence electrons. The van der Waals surface area contributed by atoms with Crippen molar-refractivity contribution >= 4 is 18.3 Å². The molecule has 0 radical (unpaired) electrons. The molecule has 13 heavy (non-hydrogen) atoms. The fourth-order valence-corrected chi connectivity index (χ4v) is 1.24. The van der Waals surface area contributed by atoms with Crippen LogP contribution in [0.15, 0.2) is 0 Å². The third-order valence-corrected chi connectivity index (χ3v) is 1.89. The normalized spacial score (nSPS) is 25.0. The quantitative estimate of drug-likeness (QED) is 0.613. The highest BCUT2D eigenvalue weighted by Crippen LogP contribution is 2.24. The average Bonchev–Trinajstić information content (AvgIpc) is 2.27. The van der Waals surface area contributed by atoms with E-state index in [9.17, 15) is 4.79 Å². The molecular weight excluding hydrogens is 194 g/mol. The van der Waals surface area contributed by atoms with Crippen LogP contribution in [0.1, 0.15) is 20.8 Å². The monoisotopic (exact) mass is 209 g/mol. The van der Waals surface area contributed by atoms with Gasteiger partial charge in [-0.2, -0.15) is 0 Å². The Morgan fingerprint density at radius 1 is 1.69 bits per heavy atom. The molecule has 5 heteroatoms. The number of carbonyl (C=O) groups excluding carboxylic acids is 1. The van der Waals surface area contributed by atoms with E-state index in [1.54, 1.807) is 4.90 Å². The lowest BCUT2D eigenvalue weighted by atomic mass is 10.2. The largest absolute Gasteiger partial charge is 0.354 e. The number of amides is 1. The molecule has 1 rings (SSSR count). The summed E-state index contributed by atoms with van der Waals surface area (Å²) in [6.07, 6.45) is 0.845. The van der Waals surface area contributed by atoms with Gasteiger partial charge in [0.1, 0.15) is 5.72 Å². The SMILES string of the molecule is CC1COC(C)(C)N1C=O.COCl. The van der Waals surface area contributed by atoms with Gasteiger partial charge in [0.25, 0.3) is 0 Å². The summed E-state index contributed by atoms with van der Waals surface area (Å²) >= 11 is 4.50. The Hall–Kier alpha value is -0.320. The fourth-order valence-electron chi connectivity index (χ4n) is 1.24. The fraction of sp³-hybridized carbons (Fsp3) is 0.875. The number of hydrogen-bond donors (Lipinski definition) is 0. The molecule has 0 aromatic heterocycles. The maximum absolute atomic E-state index is 10.5. The molecule has 0 saturated carbocycles. The molecule has 0 spiro atoms. The molecule has 1 aliphatic heterocycles. The van der Waals surface area contributed by atoms with Crippen LogP contribution in [-0.2, 0) is 13.8 Å². The van der Waals surface area contributed by atoms with Gasteiger partial charge in [0.15, 0.2) is 0 Å². The summed E-state index contributed by atoms with van der Waals surface area (Å²) in [5, 5.41) is 0. The van der Waals surface area contributed by atoms with E-state index in [-0.39, 0.29) is 6.04 Å². The maximum Gasteiger partial charge on any atom is 0.212 e. The van der Waals surface area contributed by atoms with Crippen LogP contribution in [0, 0.1) is 0 Å². The Bertz CT molecular complexity index is 163. The Kier molecular flexibility index (Phi) is 5.29. The first-order valence-electron chi connectivity index (χ1n) is 4.02. The van der Waals surface area contributed by atoms with Gasteiger partial charge in [-0.05, 0) is 20.8 Å². The van der Waals surface area contributed by atoms with Crippen molar-refractivity contribution < 1.29 is 13.8 Å². The van der Waals surface area contributed by atoms with Crippen LogP contribution in [0.2, 0.25) is 0 Å². The van der Waals surface area contributed by atoms with E-state index in [4.69, 9.17) is 4.74 Å². The molecule has 1 atom stereocenters. The van der Waals surface area contributed by atoms with E-state index in [0.29, 0.717) is 6.61 Å². The molecule has 0 aromatic carbocycles. The molecule has 0 aliphatic carbocycles. The zero-order valence-corrected chi connectivity index (χ0v) is 9.17. The third-order valence-electron chi connectivity index (χ3n) is 1.89. The number of hydrogen-bond acceptors (Lipinski definition) is 3. The van der Waals surface area contributed by atoms with Crippen LogP contribution in [0.3, 0.4) is 0 Å². The van der Waals surface area contributed by atoms with Crippen molar-refractivity contribution in [3.8, 4) is 0 Å². The van der Waals surface area contributed by atoms with Crippen molar-refractivity contribution in [3.63, 3.8) is 0 Å². The average molecular weight is 210 g/mol. The van der Waals surface area contributed by atoms with Gasteiger partial charge in [0.2, 0.25) is 6.41 Å². The van der Waals surface area contributed by atoms with Crippen LogP contribution in [0.4, 0.5) is 0 Å². The molecule has 0 aromatic rings. The van der Waals surface area contributed by atoms with Crippen molar-refractivity contribution in [3.05, 3.63) is 0 Å².